The fourth-order valence-electron chi connectivity index (χ4n) is 2.18. The van der Waals surface area contributed by atoms with Crippen molar-refractivity contribution in [2.75, 3.05) is 19.8 Å². The van der Waals surface area contributed by atoms with Crippen LogP contribution >= 0.6 is 0 Å². The van der Waals surface area contributed by atoms with E-state index in [-0.39, 0.29) is 6.04 Å². The van der Waals surface area contributed by atoms with E-state index in [1.54, 1.807) is 0 Å². The highest BCUT2D eigenvalue weighted by atomic mass is 16.5. The van der Waals surface area contributed by atoms with E-state index in [9.17, 15) is 0 Å². The molecule has 0 saturated carbocycles. The molecular formula is C14H21NO2. The normalized spacial score (nSPS) is 18.9. The zero-order valence-electron chi connectivity index (χ0n) is 10.4. The van der Waals surface area contributed by atoms with Crippen molar-refractivity contribution in [1.82, 2.24) is 0 Å². The fourth-order valence-corrected chi connectivity index (χ4v) is 2.18. The molecule has 1 saturated heterocycles. The van der Waals surface area contributed by atoms with Gasteiger partial charge in [0, 0.05) is 19.3 Å². The van der Waals surface area contributed by atoms with Crippen molar-refractivity contribution in [3.8, 4) is 5.75 Å². The van der Waals surface area contributed by atoms with Crippen LogP contribution in [0.2, 0.25) is 0 Å². The third-order valence-electron chi connectivity index (χ3n) is 3.40. The zero-order chi connectivity index (χ0) is 12.1. The average molecular weight is 235 g/mol. The number of hydrogen-bond acceptors (Lipinski definition) is 3. The lowest BCUT2D eigenvalue weighted by Crippen LogP contribution is -2.39. The molecule has 2 rings (SSSR count). The molecule has 1 aromatic rings. The maximum Gasteiger partial charge on any atom is 0.122 e. The zero-order valence-corrected chi connectivity index (χ0v) is 10.4. The van der Waals surface area contributed by atoms with Crippen LogP contribution in [-0.2, 0) is 4.74 Å². The van der Waals surface area contributed by atoms with Gasteiger partial charge < -0.3 is 15.2 Å². The van der Waals surface area contributed by atoms with Gasteiger partial charge in [-0.3, -0.25) is 0 Å². The van der Waals surface area contributed by atoms with Gasteiger partial charge in [0.25, 0.3) is 0 Å². The highest BCUT2D eigenvalue weighted by Crippen LogP contribution is 2.20. The molecule has 0 aliphatic carbocycles. The monoisotopic (exact) mass is 235 g/mol. The van der Waals surface area contributed by atoms with Gasteiger partial charge in [-0.25, -0.2) is 0 Å². The SMILES string of the molecule is Cc1ccccc1OCC(N)C1CCOCC1. The molecule has 0 aromatic heterocycles. The molecule has 1 atom stereocenters. The lowest BCUT2D eigenvalue weighted by atomic mass is 9.93. The second-order valence-corrected chi connectivity index (χ2v) is 4.69. The Morgan fingerprint density at radius 1 is 1.35 bits per heavy atom. The lowest BCUT2D eigenvalue weighted by Gasteiger charge is -2.27. The van der Waals surface area contributed by atoms with E-state index in [0.29, 0.717) is 12.5 Å². The van der Waals surface area contributed by atoms with Crippen molar-refractivity contribution < 1.29 is 9.47 Å². The molecule has 1 unspecified atom stereocenters. The summed E-state index contributed by atoms with van der Waals surface area (Å²) in [5.41, 5.74) is 7.32. The second kappa shape index (κ2) is 6.03. The molecule has 1 heterocycles. The molecule has 0 amide bonds. The number of hydrogen-bond donors (Lipinski definition) is 1. The van der Waals surface area contributed by atoms with E-state index in [1.165, 1.54) is 0 Å². The number of para-hydroxylation sites is 1. The molecule has 0 spiro atoms. The smallest absolute Gasteiger partial charge is 0.122 e. The Balaban J connectivity index is 1.83. The van der Waals surface area contributed by atoms with Crippen LogP contribution in [0.5, 0.6) is 5.75 Å². The number of rotatable bonds is 4. The molecule has 0 radical (unpaired) electrons. The van der Waals surface area contributed by atoms with E-state index in [4.69, 9.17) is 15.2 Å². The van der Waals surface area contributed by atoms with Gasteiger partial charge in [-0.05, 0) is 37.3 Å². The third kappa shape index (κ3) is 3.45. The summed E-state index contributed by atoms with van der Waals surface area (Å²) in [4.78, 5) is 0. The van der Waals surface area contributed by atoms with Crippen LogP contribution in [0.3, 0.4) is 0 Å². The van der Waals surface area contributed by atoms with E-state index >= 15 is 0 Å². The van der Waals surface area contributed by atoms with Gasteiger partial charge in [-0.1, -0.05) is 18.2 Å². The number of nitrogens with two attached hydrogens (primary N) is 1. The molecule has 3 nitrogen and oxygen atoms in total. The van der Waals surface area contributed by atoms with Gasteiger partial charge in [0.15, 0.2) is 0 Å². The Bertz CT molecular complexity index is 348. The Morgan fingerprint density at radius 2 is 2.06 bits per heavy atom. The van der Waals surface area contributed by atoms with E-state index in [2.05, 4.69) is 13.0 Å². The summed E-state index contributed by atoms with van der Waals surface area (Å²) in [7, 11) is 0. The number of aryl methyl sites for hydroxylation is 1. The number of ether oxygens (including phenoxy) is 2. The van der Waals surface area contributed by atoms with Crippen molar-refractivity contribution in [3.63, 3.8) is 0 Å². The van der Waals surface area contributed by atoms with Gasteiger partial charge >= 0.3 is 0 Å². The Morgan fingerprint density at radius 3 is 2.76 bits per heavy atom. The maximum absolute atomic E-state index is 6.17. The Kier molecular flexibility index (Phi) is 4.40. The molecule has 1 aliphatic rings. The molecule has 2 N–H and O–H groups in total. The Labute approximate surface area is 103 Å². The van der Waals surface area contributed by atoms with Gasteiger partial charge in [0.05, 0.1) is 0 Å². The molecule has 94 valence electrons. The maximum atomic E-state index is 6.17. The standard InChI is InChI=1S/C14H21NO2/c1-11-4-2-3-5-14(11)17-10-13(15)12-6-8-16-9-7-12/h2-5,12-13H,6-10,15H2,1H3. The first-order chi connectivity index (χ1) is 8.27. The van der Waals surface area contributed by atoms with Crippen LogP contribution in [-0.4, -0.2) is 25.9 Å². The minimum atomic E-state index is 0.110. The second-order valence-electron chi connectivity index (χ2n) is 4.69. The minimum absolute atomic E-state index is 0.110. The van der Waals surface area contributed by atoms with Crippen LogP contribution in [0.4, 0.5) is 0 Å². The van der Waals surface area contributed by atoms with Gasteiger partial charge in [0.2, 0.25) is 0 Å². The summed E-state index contributed by atoms with van der Waals surface area (Å²) in [6, 6.07) is 8.16. The van der Waals surface area contributed by atoms with Crippen molar-refractivity contribution in [2.45, 2.75) is 25.8 Å². The predicted molar refractivity (Wildman–Crippen MR) is 68.2 cm³/mol. The average Bonchev–Trinajstić information content (AvgIpc) is 2.38. The lowest BCUT2D eigenvalue weighted by molar-refractivity contribution is 0.0521. The van der Waals surface area contributed by atoms with Crippen LogP contribution in [0.15, 0.2) is 24.3 Å². The molecule has 0 bridgehead atoms. The highest BCUT2D eigenvalue weighted by molar-refractivity contribution is 5.31. The van der Waals surface area contributed by atoms with Crippen molar-refractivity contribution >= 4 is 0 Å². The van der Waals surface area contributed by atoms with E-state index < -0.39 is 0 Å². The van der Waals surface area contributed by atoms with Crippen LogP contribution < -0.4 is 10.5 Å². The largest absolute Gasteiger partial charge is 0.492 e. The molecule has 3 heteroatoms. The topological polar surface area (TPSA) is 44.5 Å². The Hall–Kier alpha value is -1.06. The molecule has 1 fully saturated rings. The highest BCUT2D eigenvalue weighted by Gasteiger charge is 2.21. The number of benzene rings is 1. The van der Waals surface area contributed by atoms with Crippen LogP contribution in [0.25, 0.3) is 0 Å². The molecule has 1 aromatic carbocycles. The first kappa shape index (κ1) is 12.4. The molecular weight excluding hydrogens is 214 g/mol. The summed E-state index contributed by atoms with van der Waals surface area (Å²) < 4.78 is 11.1. The minimum Gasteiger partial charge on any atom is -0.492 e. The van der Waals surface area contributed by atoms with Crippen LogP contribution in [0, 0.1) is 12.8 Å². The van der Waals surface area contributed by atoms with Gasteiger partial charge in [-0.2, -0.15) is 0 Å². The molecule has 1 aliphatic heterocycles. The summed E-state index contributed by atoms with van der Waals surface area (Å²) in [5, 5.41) is 0. The van der Waals surface area contributed by atoms with Gasteiger partial charge in [-0.15, -0.1) is 0 Å². The summed E-state index contributed by atoms with van der Waals surface area (Å²) >= 11 is 0. The quantitative estimate of drug-likeness (QED) is 0.869. The van der Waals surface area contributed by atoms with E-state index in [1.807, 2.05) is 18.2 Å². The summed E-state index contributed by atoms with van der Waals surface area (Å²) in [6.45, 7) is 4.32. The first-order valence-electron chi connectivity index (χ1n) is 6.29. The van der Waals surface area contributed by atoms with Gasteiger partial charge in [0.1, 0.15) is 12.4 Å². The first-order valence-corrected chi connectivity index (χ1v) is 6.29. The predicted octanol–water partition coefficient (Wildman–Crippen LogP) is 2.13. The van der Waals surface area contributed by atoms with Crippen molar-refractivity contribution in [2.24, 2.45) is 11.7 Å². The molecule has 17 heavy (non-hydrogen) atoms. The van der Waals surface area contributed by atoms with Crippen LogP contribution in [0.1, 0.15) is 18.4 Å². The van der Waals surface area contributed by atoms with E-state index in [0.717, 1.165) is 37.4 Å². The van der Waals surface area contributed by atoms with Crippen molar-refractivity contribution in [3.05, 3.63) is 29.8 Å². The summed E-state index contributed by atoms with van der Waals surface area (Å²) in [6.07, 6.45) is 2.11. The fraction of sp³-hybridized carbons (Fsp3) is 0.571. The summed E-state index contributed by atoms with van der Waals surface area (Å²) in [5.74, 6) is 1.47. The van der Waals surface area contributed by atoms with Crippen molar-refractivity contribution in [1.29, 1.82) is 0 Å². The third-order valence-corrected chi connectivity index (χ3v) is 3.40.